The number of aliphatic carboxylic acids is 1. The number of carboxylic acid groups (broad SMARTS) is 1. The molecular formula is C15H21NO3. The Morgan fingerprint density at radius 1 is 1.21 bits per heavy atom. The van der Waals surface area contributed by atoms with Crippen LogP contribution in [0.5, 0.6) is 0 Å². The van der Waals surface area contributed by atoms with E-state index in [0.717, 1.165) is 11.1 Å². The molecule has 19 heavy (non-hydrogen) atoms. The fourth-order valence-corrected chi connectivity index (χ4v) is 1.95. The number of hydrogen-bond donors (Lipinski definition) is 1. The minimum absolute atomic E-state index is 0.370. The van der Waals surface area contributed by atoms with Gasteiger partial charge in [0, 0.05) is 13.6 Å². The standard InChI is InChI=1S/C15H21NO3/c1-9-6-7-13(11(3)10(9)2)8-16(5)14(17)12(4)15(18)19/h6-7,12H,8H2,1-5H3,(H,18,19). The molecule has 0 aliphatic rings. The average molecular weight is 263 g/mol. The molecule has 0 saturated carbocycles. The molecule has 0 spiro atoms. The molecule has 4 heteroatoms. The number of hydrogen-bond acceptors (Lipinski definition) is 2. The summed E-state index contributed by atoms with van der Waals surface area (Å²) in [6.07, 6.45) is 0. The Hall–Kier alpha value is -1.84. The predicted octanol–water partition coefficient (Wildman–Crippen LogP) is 2.29. The number of benzene rings is 1. The lowest BCUT2D eigenvalue weighted by Crippen LogP contribution is -2.35. The molecule has 0 radical (unpaired) electrons. The molecule has 1 aromatic carbocycles. The molecule has 1 rings (SSSR count). The molecule has 0 aromatic heterocycles. The van der Waals surface area contributed by atoms with Gasteiger partial charge in [-0.15, -0.1) is 0 Å². The molecule has 104 valence electrons. The van der Waals surface area contributed by atoms with Crippen LogP contribution in [0.2, 0.25) is 0 Å². The third-order valence-corrected chi connectivity index (χ3v) is 3.69. The summed E-state index contributed by atoms with van der Waals surface area (Å²) in [4.78, 5) is 24.2. The van der Waals surface area contributed by atoms with E-state index in [1.54, 1.807) is 7.05 Å². The smallest absolute Gasteiger partial charge is 0.315 e. The number of rotatable bonds is 4. The van der Waals surface area contributed by atoms with Crippen molar-refractivity contribution in [2.24, 2.45) is 5.92 Å². The zero-order valence-electron chi connectivity index (χ0n) is 12.2. The number of carbonyl (C=O) groups is 2. The first-order chi connectivity index (χ1) is 8.75. The topological polar surface area (TPSA) is 57.6 Å². The maximum atomic E-state index is 11.9. The Morgan fingerprint density at radius 2 is 1.79 bits per heavy atom. The molecule has 0 fully saturated rings. The van der Waals surface area contributed by atoms with Crippen molar-refractivity contribution >= 4 is 11.9 Å². The van der Waals surface area contributed by atoms with Gasteiger partial charge in [0.05, 0.1) is 0 Å². The van der Waals surface area contributed by atoms with E-state index < -0.39 is 11.9 Å². The van der Waals surface area contributed by atoms with E-state index in [-0.39, 0.29) is 5.91 Å². The summed E-state index contributed by atoms with van der Waals surface area (Å²) in [7, 11) is 1.64. The highest BCUT2D eigenvalue weighted by atomic mass is 16.4. The van der Waals surface area contributed by atoms with Crippen LogP contribution in [-0.4, -0.2) is 28.9 Å². The fourth-order valence-electron chi connectivity index (χ4n) is 1.95. The molecule has 0 heterocycles. The second kappa shape index (κ2) is 5.87. The first-order valence-electron chi connectivity index (χ1n) is 6.29. The van der Waals surface area contributed by atoms with Crippen molar-refractivity contribution in [1.82, 2.24) is 4.90 Å². The first-order valence-corrected chi connectivity index (χ1v) is 6.29. The Labute approximate surface area is 114 Å². The highest BCUT2D eigenvalue weighted by Gasteiger charge is 2.24. The Bertz CT molecular complexity index is 508. The van der Waals surface area contributed by atoms with Gasteiger partial charge in [-0.3, -0.25) is 9.59 Å². The van der Waals surface area contributed by atoms with Crippen molar-refractivity contribution in [3.63, 3.8) is 0 Å². The quantitative estimate of drug-likeness (QED) is 0.848. The van der Waals surface area contributed by atoms with E-state index >= 15 is 0 Å². The third kappa shape index (κ3) is 3.34. The zero-order chi connectivity index (χ0) is 14.7. The first kappa shape index (κ1) is 15.2. The Kier molecular flexibility index (Phi) is 4.70. The Balaban J connectivity index is 2.89. The van der Waals surface area contributed by atoms with Crippen LogP contribution in [0.1, 0.15) is 29.2 Å². The Morgan fingerprint density at radius 3 is 2.32 bits per heavy atom. The second-order valence-corrected chi connectivity index (χ2v) is 5.05. The van der Waals surface area contributed by atoms with Gasteiger partial charge < -0.3 is 10.0 Å². The van der Waals surface area contributed by atoms with Gasteiger partial charge in [-0.2, -0.15) is 0 Å². The van der Waals surface area contributed by atoms with Crippen LogP contribution < -0.4 is 0 Å². The molecule has 0 aliphatic heterocycles. The SMILES string of the molecule is Cc1ccc(CN(C)C(=O)C(C)C(=O)O)c(C)c1C. The molecule has 1 amide bonds. The molecular weight excluding hydrogens is 242 g/mol. The van der Waals surface area contributed by atoms with Crippen molar-refractivity contribution < 1.29 is 14.7 Å². The minimum Gasteiger partial charge on any atom is -0.481 e. The third-order valence-electron chi connectivity index (χ3n) is 3.69. The summed E-state index contributed by atoms with van der Waals surface area (Å²) in [5.74, 6) is -2.46. The molecule has 4 nitrogen and oxygen atoms in total. The molecule has 1 aromatic rings. The number of carboxylic acids is 1. The number of nitrogens with zero attached hydrogens (tertiary/aromatic N) is 1. The second-order valence-electron chi connectivity index (χ2n) is 5.05. The number of amides is 1. The summed E-state index contributed by atoms with van der Waals surface area (Å²) in [6.45, 7) is 7.97. The highest BCUT2D eigenvalue weighted by molar-refractivity contribution is 5.96. The van der Waals surface area contributed by atoms with Gasteiger partial charge in [0.2, 0.25) is 5.91 Å². The van der Waals surface area contributed by atoms with Crippen LogP contribution in [0.3, 0.4) is 0 Å². The van der Waals surface area contributed by atoms with Gasteiger partial charge >= 0.3 is 5.97 Å². The summed E-state index contributed by atoms with van der Waals surface area (Å²) in [5, 5.41) is 8.85. The largest absolute Gasteiger partial charge is 0.481 e. The number of carbonyl (C=O) groups excluding carboxylic acids is 1. The lowest BCUT2D eigenvalue weighted by Gasteiger charge is -2.21. The lowest BCUT2D eigenvalue weighted by molar-refractivity contribution is -0.149. The van der Waals surface area contributed by atoms with E-state index in [1.165, 1.54) is 23.0 Å². The lowest BCUT2D eigenvalue weighted by atomic mass is 9.98. The fraction of sp³-hybridized carbons (Fsp3) is 0.467. The van der Waals surface area contributed by atoms with Crippen LogP contribution in [0.4, 0.5) is 0 Å². The maximum Gasteiger partial charge on any atom is 0.315 e. The molecule has 1 unspecified atom stereocenters. The van der Waals surface area contributed by atoms with Crippen molar-refractivity contribution in [1.29, 1.82) is 0 Å². The van der Waals surface area contributed by atoms with E-state index in [4.69, 9.17) is 5.11 Å². The molecule has 0 aliphatic carbocycles. The molecule has 0 bridgehead atoms. The monoisotopic (exact) mass is 263 g/mol. The van der Waals surface area contributed by atoms with Crippen LogP contribution in [0.25, 0.3) is 0 Å². The van der Waals surface area contributed by atoms with Gasteiger partial charge in [0.25, 0.3) is 0 Å². The van der Waals surface area contributed by atoms with E-state index in [0.29, 0.717) is 6.54 Å². The molecule has 0 saturated heterocycles. The van der Waals surface area contributed by atoms with Gasteiger partial charge in [0.1, 0.15) is 5.92 Å². The van der Waals surface area contributed by atoms with Crippen molar-refractivity contribution in [2.75, 3.05) is 7.05 Å². The molecule has 1 atom stereocenters. The number of aryl methyl sites for hydroxylation is 1. The summed E-state index contributed by atoms with van der Waals surface area (Å²) < 4.78 is 0. The summed E-state index contributed by atoms with van der Waals surface area (Å²) in [5.41, 5.74) is 4.64. The van der Waals surface area contributed by atoms with Gasteiger partial charge in [-0.1, -0.05) is 12.1 Å². The zero-order valence-corrected chi connectivity index (χ0v) is 12.2. The van der Waals surface area contributed by atoms with Gasteiger partial charge in [-0.25, -0.2) is 0 Å². The average Bonchev–Trinajstić information content (AvgIpc) is 2.37. The van der Waals surface area contributed by atoms with Crippen molar-refractivity contribution in [3.8, 4) is 0 Å². The minimum atomic E-state index is -1.09. The van der Waals surface area contributed by atoms with Crippen molar-refractivity contribution in [2.45, 2.75) is 34.2 Å². The van der Waals surface area contributed by atoms with Gasteiger partial charge in [-0.05, 0) is 49.9 Å². The highest BCUT2D eigenvalue weighted by Crippen LogP contribution is 2.19. The van der Waals surface area contributed by atoms with Crippen LogP contribution in [0.15, 0.2) is 12.1 Å². The van der Waals surface area contributed by atoms with Crippen LogP contribution >= 0.6 is 0 Å². The predicted molar refractivity (Wildman–Crippen MR) is 73.9 cm³/mol. The van der Waals surface area contributed by atoms with E-state index in [2.05, 4.69) is 6.92 Å². The maximum absolute atomic E-state index is 11.9. The normalized spacial score (nSPS) is 12.1. The summed E-state index contributed by atoms with van der Waals surface area (Å²) >= 11 is 0. The van der Waals surface area contributed by atoms with Gasteiger partial charge in [0.15, 0.2) is 0 Å². The summed E-state index contributed by atoms with van der Waals surface area (Å²) in [6, 6.07) is 4.02. The van der Waals surface area contributed by atoms with Crippen LogP contribution in [0, 0.1) is 26.7 Å². The van der Waals surface area contributed by atoms with Crippen molar-refractivity contribution in [3.05, 3.63) is 34.4 Å². The van der Waals surface area contributed by atoms with E-state index in [9.17, 15) is 9.59 Å². The molecule has 1 N–H and O–H groups in total. The van der Waals surface area contributed by atoms with Crippen LogP contribution in [-0.2, 0) is 16.1 Å². The van der Waals surface area contributed by atoms with E-state index in [1.807, 2.05) is 26.0 Å².